The third kappa shape index (κ3) is 4.22. The molecule has 0 spiro atoms. The summed E-state index contributed by atoms with van der Waals surface area (Å²) in [6, 6.07) is 9.49. The van der Waals surface area contributed by atoms with Gasteiger partial charge in [0.15, 0.2) is 5.76 Å². The van der Waals surface area contributed by atoms with Crippen LogP contribution < -0.4 is 10.5 Å². The van der Waals surface area contributed by atoms with Gasteiger partial charge in [0.05, 0.1) is 23.7 Å². The number of nitrogens with zero attached hydrogens (tertiary/aromatic N) is 3. The van der Waals surface area contributed by atoms with Crippen LogP contribution in [0.4, 0.5) is 4.79 Å². The molecule has 2 N–H and O–H groups in total. The number of methoxy groups -OCH3 is 1. The number of nitrogens with two attached hydrogens (primary N) is 1. The molecule has 3 fully saturated rings. The number of rotatable bonds is 6. The highest BCUT2D eigenvalue weighted by Gasteiger charge is 2.66. The van der Waals surface area contributed by atoms with E-state index >= 15 is 0 Å². The Bertz CT molecular complexity index is 1800. The number of amides is 2. The third-order valence-electron chi connectivity index (χ3n) is 10.0. The molecule has 4 heterocycles. The minimum absolute atomic E-state index is 0.0364. The molecule has 1 saturated heterocycles. The summed E-state index contributed by atoms with van der Waals surface area (Å²) in [5, 5.41) is 2.27. The number of aryl methyl sites for hydroxylation is 1. The Kier molecular flexibility index (Phi) is 6.30. The Morgan fingerprint density at radius 2 is 1.95 bits per heavy atom. The van der Waals surface area contributed by atoms with Crippen LogP contribution in [0.25, 0.3) is 33.5 Å². The number of likely N-dealkylation sites (tertiary alicyclic amines) is 1. The Morgan fingerprint density at radius 1 is 1.19 bits per heavy atom. The lowest BCUT2D eigenvalue weighted by Crippen LogP contribution is -2.60. The lowest BCUT2D eigenvalue weighted by atomic mass is 9.70. The fourth-order valence-electron chi connectivity index (χ4n) is 7.81. The first kappa shape index (κ1) is 28.1. The normalized spacial score (nSPS) is 23.4. The number of aromatic nitrogens is 2. The molecule has 2 aliphatic carbocycles. The molecule has 9 nitrogen and oxygen atoms in total. The predicted octanol–water partition coefficient (Wildman–Crippen LogP) is 6.94. The van der Waals surface area contributed by atoms with Gasteiger partial charge < -0.3 is 29.1 Å². The maximum atomic E-state index is 14.4. The highest BCUT2D eigenvalue weighted by Crippen LogP contribution is 2.57. The summed E-state index contributed by atoms with van der Waals surface area (Å²) < 4.78 is 20.4. The highest BCUT2D eigenvalue weighted by molar-refractivity contribution is 6.29. The number of benzene rings is 1. The van der Waals surface area contributed by atoms with E-state index in [1.807, 2.05) is 24.0 Å². The molecule has 226 valence electrons. The number of halogens is 1. The number of carbonyl (C=O) groups is 2. The average Bonchev–Trinajstić information content (AvgIpc) is 3.36. The smallest absolute Gasteiger partial charge is 0.404 e. The largest absolute Gasteiger partial charge is 0.496 e. The van der Waals surface area contributed by atoms with Crippen LogP contribution >= 0.6 is 11.6 Å². The summed E-state index contributed by atoms with van der Waals surface area (Å²) in [7, 11) is 1.61. The van der Waals surface area contributed by atoms with E-state index in [9.17, 15) is 9.59 Å². The van der Waals surface area contributed by atoms with Crippen molar-refractivity contribution in [1.82, 2.24) is 14.5 Å². The molecule has 0 radical (unpaired) electrons. The van der Waals surface area contributed by atoms with Gasteiger partial charge >= 0.3 is 6.09 Å². The van der Waals surface area contributed by atoms with Gasteiger partial charge in [0.25, 0.3) is 5.91 Å². The first-order chi connectivity index (χ1) is 20.4. The molecule has 3 aromatic heterocycles. The highest BCUT2D eigenvalue weighted by atomic mass is 35.5. The standard InChI is InChI=1S/C33H37ClN4O5/c1-17-26-23(41-5)13-21(30(39)38-16-20-10-11-33(38,32(2,3)4)28(20)43-31(35)40)14-24(26)42-27(17)22-12-19-8-9-25(34)36-29(19)37(22)15-18-6-7-18/h8-9,12-14,18,20,28H,6-7,10-11,15-16H2,1-5H3,(H2,35,40)/t20?,28-,33?/m1/s1. The molecular weight excluding hydrogens is 568 g/mol. The zero-order valence-corrected chi connectivity index (χ0v) is 26.0. The van der Waals surface area contributed by atoms with Gasteiger partial charge in [-0.25, -0.2) is 9.78 Å². The van der Waals surface area contributed by atoms with Crippen LogP contribution in [0.15, 0.2) is 34.7 Å². The van der Waals surface area contributed by atoms with Crippen molar-refractivity contribution in [1.29, 1.82) is 0 Å². The molecule has 3 aliphatic rings. The molecule has 7 rings (SSSR count). The van der Waals surface area contributed by atoms with Gasteiger partial charge in [0.2, 0.25) is 0 Å². The fraction of sp³-hybridized carbons (Fsp3) is 0.485. The molecule has 1 aromatic carbocycles. The van der Waals surface area contributed by atoms with Gasteiger partial charge in [-0.15, -0.1) is 0 Å². The van der Waals surface area contributed by atoms with E-state index in [-0.39, 0.29) is 17.2 Å². The second-order valence-corrected chi connectivity index (χ2v) is 13.9. The Labute approximate surface area is 255 Å². The first-order valence-corrected chi connectivity index (χ1v) is 15.4. The van der Waals surface area contributed by atoms with E-state index in [4.69, 9.17) is 31.2 Å². The van der Waals surface area contributed by atoms with Crippen molar-refractivity contribution < 1.29 is 23.5 Å². The van der Waals surface area contributed by atoms with Crippen LogP contribution in [0.3, 0.4) is 0 Å². The van der Waals surface area contributed by atoms with Crippen molar-refractivity contribution in [2.24, 2.45) is 23.0 Å². The minimum atomic E-state index is -0.807. The van der Waals surface area contributed by atoms with Crippen LogP contribution in [0.2, 0.25) is 5.15 Å². The zero-order chi connectivity index (χ0) is 30.4. The summed E-state index contributed by atoms with van der Waals surface area (Å²) in [5.74, 6) is 1.78. The van der Waals surface area contributed by atoms with Crippen LogP contribution in [0, 0.1) is 24.2 Å². The van der Waals surface area contributed by atoms with Crippen molar-refractivity contribution in [3.8, 4) is 17.2 Å². The molecular formula is C33H37ClN4O5. The summed E-state index contributed by atoms with van der Waals surface area (Å²) in [4.78, 5) is 32.8. The summed E-state index contributed by atoms with van der Waals surface area (Å²) in [6.45, 7) is 9.62. The van der Waals surface area contributed by atoms with Crippen LogP contribution in [0.1, 0.15) is 62.4 Å². The average molecular weight is 605 g/mol. The summed E-state index contributed by atoms with van der Waals surface area (Å²) >= 11 is 6.30. The van der Waals surface area contributed by atoms with Crippen LogP contribution in [-0.2, 0) is 11.3 Å². The van der Waals surface area contributed by atoms with Crippen LogP contribution in [-0.4, -0.2) is 51.7 Å². The van der Waals surface area contributed by atoms with Crippen LogP contribution in [0.5, 0.6) is 5.75 Å². The van der Waals surface area contributed by atoms with Gasteiger partial charge in [-0.1, -0.05) is 32.4 Å². The number of carbonyl (C=O) groups excluding carboxylic acids is 2. The molecule has 10 heteroatoms. The first-order valence-electron chi connectivity index (χ1n) is 15.0. The second-order valence-electron chi connectivity index (χ2n) is 13.5. The molecule has 2 amide bonds. The molecule has 1 aliphatic heterocycles. The summed E-state index contributed by atoms with van der Waals surface area (Å²) in [6.07, 6.45) is 2.73. The lowest BCUT2D eigenvalue weighted by Gasteiger charge is -2.49. The molecule has 2 unspecified atom stereocenters. The summed E-state index contributed by atoms with van der Waals surface area (Å²) in [5.41, 5.74) is 8.19. The fourth-order valence-corrected chi connectivity index (χ4v) is 7.96. The van der Waals surface area contributed by atoms with E-state index < -0.39 is 17.7 Å². The maximum Gasteiger partial charge on any atom is 0.404 e. The number of pyridine rings is 1. The van der Waals surface area contributed by atoms with E-state index in [1.54, 1.807) is 19.2 Å². The molecule has 4 aromatic rings. The third-order valence-corrected chi connectivity index (χ3v) is 10.2. The van der Waals surface area contributed by atoms with E-state index in [1.165, 1.54) is 12.8 Å². The molecule has 3 atom stereocenters. The van der Waals surface area contributed by atoms with Crippen molar-refractivity contribution in [3.63, 3.8) is 0 Å². The van der Waals surface area contributed by atoms with Crippen molar-refractivity contribution in [2.45, 2.75) is 71.6 Å². The van der Waals surface area contributed by atoms with E-state index in [2.05, 4.69) is 36.4 Å². The number of hydrogen-bond donors (Lipinski definition) is 1. The monoisotopic (exact) mass is 604 g/mol. The topological polar surface area (TPSA) is 113 Å². The number of piperidine rings is 1. The number of ether oxygens (including phenoxy) is 2. The number of fused-ring (bicyclic) bond motifs is 4. The van der Waals surface area contributed by atoms with Gasteiger partial charge in [0.1, 0.15) is 28.2 Å². The quantitative estimate of drug-likeness (QED) is 0.238. The van der Waals surface area contributed by atoms with E-state index in [0.717, 1.165) is 47.1 Å². The SMILES string of the molecule is COc1cc(C(=O)N2CC3CCC2(C(C)(C)C)[C@@H]3OC(N)=O)cc2oc(-c3cc4ccc(Cl)nc4n3CC3CC3)c(C)c12. The van der Waals surface area contributed by atoms with E-state index in [0.29, 0.717) is 40.3 Å². The molecule has 2 saturated carbocycles. The number of primary amides is 1. The molecule has 43 heavy (non-hydrogen) atoms. The minimum Gasteiger partial charge on any atom is -0.496 e. The number of furan rings is 1. The lowest BCUT2D eigenvalue weighted by molar-refractivity contribution is -0.0359. The van der Waals surface area contributed by atoms with Gasteiger partial charge in [0, 0.05) is 35.5 Å². The van der Waals surface area contributed by atoms with Gasteiger partial charge in [-0.2, -0.15) is 0 Å². The van der Waals surface area contributed by atoms with Crippen molar-refractivity contribution >= 4 is 45.6 Å². The van der Waals surface area contributed by atoms with Crippen molar-refractivity contribution in [3.05, 3.63) is 46.6 Å². The maximum absolute atomic E-state index is 14.4. The second kappa shape index (κ2) is 9.64. The Morgan fingerprint density at radius 3 is 2.63 bits per heavy atom. The Balaban J connectivity index is 1.34. The predicted molar refractivity (Wildman–Crippen MR) is 164 cm³/mol. The Hall–Kier alpha value is -3.72. The zero-order valence-electron chi connectivity index (χ0n) is 25.2. The van der Waals surface area contributed by atoms with Crippen molar-refractivity contribution in [2.75, 3.05) is 13.7 Å². The van der Waals surface area contributed by atoms with Gasteiger partial charge in [-0.05, 0) is 74.3 Å². The number of hydrogen-bond acceptors (Lipinski definition) is 6. The molecule has 2 bridgehead atoms. The van der Waals surface area contributed by atoms with Gasteiger partial charge in [-0.3, -0.25) is 4.79 Å².